The molecule has 0 amide bonds. The van der Waals surface area contributed by atoms with Crippen LogP contribution in [0, 0.1) is 0 Å². The van der Waals surface area contributed by atoms with Gasteiger partial charge in [0.15, 0.2) is 0 Å². The van der Waals surface area contributed by atoms with Gasteiger partial charge in [-0.1, -0.05) is 48.5 Å². The summed E-state index contributed by atoms with van der Waals surface area (Å²) in [5.74, 6) is -0.342. The molecule has 5 nitrogen and oxygen atoms in total. The number of ether oxygens (including phenoxy) is 3. The molecule has 2 aromatic carbocycles. The highest BCUT2D eigenvalue weighted by molar-refractivity contribution is 5.79. The van der Waals surface area contributed by atoms with E-state index in [9.17, 15) is 9.59 Å². The summed E-state index contributed by atoms with van der Waals surface area (Å²) in [5, 5.41) is 0. The fraction of sp³-hybridized carbons (Fsp3) is 0.125. The van der Waals surface area contributed by atoms with Crippen LogP contribution in [0.15, 0.2) is 60.7 Å². The standard InChI is InChI=1S/C16H14O5/c1-19-15(17)14(12-8-4-2-5-9-12)21-16(18)20-13-10-6-3-7-11-13/h2-11,14H,1H3/t14-/m0/s1. The van der Waals surface area contributed by atoms with Gasteiger partial charge in [0.05, 0.1) is 7.11 Å². The Morgan fingerprint density at radius 1 is 0.905 bits per heavy atom. The predicted molar refractivity (Wildman–Crippen MR) is 74.8 cm³/mol. The van der Waals surface area contributed by atoms with E-state index in [1.807, 2.05) is 0 Å². The predicted octanol–water partition coefficient (Wildman–Crippen LogP) is 3.12. The number of benzene rings is 2. The Balaban J connectivity index is 2.09. The van der Waals surface area contributed by atoms with Gasteiger partial charge in [-0.05, 0) is 12.1 Å². The first-order valence-corrected chi connectivity index (χ1v) is 6.27. The molecule has 0 unspecified atom stereocenters. The van der Waals surface area contributed by atoms with Gasteiger partial charge in [0.2, 0.25) is 6.10 Å². The highest BCUT2D eigenvalue weighted by atomic mass is 16.7. The van der Waals surface area contributed by atoms with Crippen LogP contribution in [0.1, 0.15) is 11.7 Å². The molecular weight excluding hydrogens is 272 g/mol. The fourth-order valence-corrected chi connectivity index (χ4v) is 1.69. The van der Waals surface area contributed by atoms with Crippen molar-refractivity contribution in [1.29, 1.82) is 0 Å². The van der Waals surface area contributed by atoms with E-state index in [-0.39, 0.29) is 0 Å². The van der Waals surface area contributed by atoms with Gasteiger partial charge in [-0.15, -0.1) is 0 Å². The van der Waals surface area contributed by atoms with Gasteiger partial charge < -0.3 is 14.2 Å². The van der Waals surface area contributed by atoms with Gasteiger partial charge in [-0.25, -0.2) is 9.59 Å². The minimum absolute atomic E-state index is 0.333. The normalized spacial score (nSPS) is 11.3. The number of rotatable bonds is 4. The molecule has 0 aromatic heterocycles. The molecule has 2 aromatic rings. The summed E-state index contributed by atoms with van der Waals surface area (Å²) >= 11 is 0. The number of carbonyl (C=O) groups is 2. The second-order valence-electron chi connectivity index (χ2n) is 4.10. The SMILES string of the molecule is COC(=O)[C@@H](OC(=O)Oc1ccccc1)c1ccccc1. The van der Waals surface area contributed by atoms with E-state index in [4.69, 9.17) is 9.47 Å². The maximum Gasteiger partial charge on any atom is 0.515 e. The monoisotopic (exact) mass is 286 g/mol. The smallest absolute Gasteiger partial charge is 0.466 e. The summed E-state index contributed by atoms with van der Waals surface area (Å²) < 4.78 is 14.7. The molecule has 0 aliphatic rings. The largest absolute Gasteiger partial charge is 0.515 e. The van der Waals surface area contributed by atoms with Crippen molar-refractivity contribution in [2.45, 2.75) is 6.10 Å². The van der Waals surface area contributed by atoms with E-state index in [0.717, 1.165) is 0 Å². The van der Waals surface area contributed by atoms with Gasteiger partial charge in [0, 0.05) is 5.56 Å². The zero-order valence-corrected chi connectivity index (χ0v) is 11.4. The molecular formula is C16H14O5. The quantitative estimate of drug-likeness (QED) is 0.638. The van der Waals surface area contributed by atoms with Gasteiger partial charge in [0.1, 0.15) is 5.75 Å². The second-order valence-corrected chi connectivity index (χ2v) is 4.10. The second kappa shape index (κ2) is 7.09. The molecule has 21 heavy (non-hydrogen) atoms. The summed E-state index contributed by atoms with van der Waals surface area (Å²) in [5.41, 5.74) is 0.509. The van der Waals surface area contributed by atoms with E-state index in [1.54, 1.807) is 60.7 Å². The number of esters is 1. The van der Waals surface area contributed by atoms with Gasteiger partial charge in [-0.3, -0.25) is 0 Å². The molecule has 0 aliphatic carbocycles. The summed E-state index contributed by atoms with van der Waals surface area (Å²) in [6, 6.07) is 17.0. The van der Waals surface area contributed by atoms with Crippen molar-refractivity contribution < 1.29 is 23.8 Å². The van der Waals surface area contributed by atoms with E-state index in [0.29, 0.717) is 11.3 Å². The minimum atomic E-state index is -1.16. The molecule has 5 heteroatoms. The van der Waals surface area contributed by atoms with Crippen molar-refractivity contribution in [3.8, 4) is 5.75 Å². The van der Waals surface area contributed by atoms with Crippen LogP contribution in [0.3, 0.4) is 0 Å². The molecule has 0 N–H and O–H groups in total. The molecule has 0 fully saturated rings. The lowest BCUT2D eigenvalue weighted by atomic mass is 10.1. The number of carbonyl (C=O) groups excluding carboxylic acids is 2. The Kier molecular flexibility index (Phi) is 4.93. The Morgan fingerprint density at radius 2 is 1.48 bits per heavy atom. The van der Waals surface area contributed by atoms with Crippen molar-refractivity contribution in [1.82, 2.24) is 0 Å². The first kappa shape index (κ1) is 14.6. The first-order chi connectivity index (χ1) is 10.2. The van der Waals surface area contributed by atoms with E-state index in [2.05, 4.69) is 4.74 Å². The van der Waals surface area contributed by atoms with Crippen LogP contribution in [0.4, 0.5) is 4.79 Å². The van der Waals surface area contributed by atoms with Crippen LogP contribution < -0.4 is 4.74 Å². The van der Waals surface area contributed by atoms with Crippen LogP contribution in [0.2, 0.25) is 0 Å². The molecule has 0 heterocycles. The summed E-state index contributed by atoms with van der Waals surface area (Å²) in [6.45, 7) is 0. The molecule has 0 spiro atoms. The van der Waals surface area contributed by atoms with E-state index < -0.39 is 18.2 Å². The third kappa shape index (κ3) is 4.07. The molecule has 1 atom stereocenters. The average molecular weight is 286 g/mol. The number of hydrogen-bond donors (Lipinski definition) is 0. The van der Waals surface area contributed by atoms with Crippen LogP contribution in [0.5, 0.6) is 5.75 Å². The van der Waals surface area contributed by atoms with Crippen molar-refractivity contribution in [2.24, 2.45) is 0 Å². The molecule has 0 radical (unpaired) electrons. The maximum absolute atomic E-state index is 11.8. The van der Waals surface area contributed by atoms with Gasteiger partial charge >= 0.3 is 12.1 Å². The molecule has 0 aliphatic heterocycles. The fourth-order valence-electron chi connectivity index (χ4n) is 1.69. The van der Waals surface area contributed by atoms with Crippen LogP contribution in [0.25, 0.3) is 0 Å². The van der Waals surface area contributed by atoms with Gasteiger partial charge in [-0.2, -0.15) is 0 Å². The number of hydrogen-bond acceptors (Lipinski definition) is 5. The Morgan fingerprint density at radius 3 is 2.05 bits per heavy atom. The van der Waals surface area contributed by atoms with Crippen molar-refractivity contribution >= 4 is 12.1 Å². The minimum Gasteiger partial charge on any atom is -0.466 e. The Bertz CT molecular complexity index is 595. The third-order valence-corrected chi connectivity index (χ3v) is 2.68. The lowest BCUT2D eigenvalue weighted by Gasteiger charge is -2.15. The third-order valence-electron chi connectivity index (χ3n) is 2.68. The van der Waals surface area contributed by atoms with Crippen LogP contribution in [-0.4, -0.2) is 19.2 Å². The van der Waals surface area contributed by atoms with Crippen molar-refractivity contribution in [3.05, 3.63) is 66.2 Å². The lowest BCUT2D eigenvalue weighted by molar-refractivity contribution is -0.151. The zero-order chi connectivity index (χ0) is 15.1. The average Bonchev–Trinajstić information content (AvgIpc) is 2.53. The highest BCUT2D eigenvalue weighted by Crippen LogP contribution is 2.20. The molecule has 2 rings (SSSR count). The molecule has 0 saturated heterocycles. The van der Waals surface area contributed by atoms with Gasteiger partial charge in [0.25, 0.3) is 0 Å². The summed E-state index contributed by atoms with van der Waals surface area (Å²) in [7, 11) is 1.23. The highest BCUT2D eigenvalue weighted by Gasteiger charge is 2.26. The number of methoxy groups -OCH3 is 1. The zero-order valence-electron chi connectivity index (χ0n) is 11.4. The Hall–Kier alpha value is -2.82. The number of para-hydroxylation sites is 1. The first-order valence-electron chi connectivity index (χ1n) is 6.27. The Labute approximate surface area is 122 Å². The van der Waals surface area contributed by atoms with Crippen LogP contribution >= 0.6 is 0 Å². The maximum atomic E-state index is 11.8. The van der Waals surface area contributed by atoms with Crippen LogP contribution in [-0.2, 0) is 14.3 Å². The molecule has 0 bridgehead atoms. The van der Waals surface area contributed by atoms with Crippen molar-refractivity contribution in [2.75, 3.05) is 7.11 Å². The topological polar surface area (TPSA) is 61.8 Å². The summed E-state index contributed by atoms with van der Waals surface area (Å²) in [4.78, 5) is 23.5. The van der Waals surface area contributed by atoms with E-state index >= 15 is 0 Å². The molecule has 108 valence electrons. The summed E-state index contributed by atoms with van der Waals surface area (Å²) in [6.07, 6.45) is -2.13. The molecule has 0 saturated carbocycles. The van der Waals surface area contributed by atoms with E-state index in [1.165, 1.54) is 7.11 Å². The lowest BCUT2D eigenvalue weighted by Crippen LogP contribution is -2.23. The van der Waals surface area contributed by atoms with Crippen molar-refractivity contribution in [3.63, 3.8) is 0 Å².